The number of nitrogens with one attached hydrogen (secondary N) is 1. The minimum absolute atomic E-state index is 0.238. The topological polar surface area (TPSA) is 73.6 Å². The number of hydrogen-bond acceptors (Lipinski definition) is 4. The van der Waals surface area contributed by atoms with Crippen LogP contribution in [0.2, 0.25) is 0 Å². The van der Waals surface area contributed by atoms with Crippen molar-refractivity contribution in [2.75, 3.05) is 13.8 Å². The largest absolute Gasteiger partial charge is 0.497 e. The summed E-state index contributed by atoms with van der Waals surface area (Å²) in [5, 5.41) is 3.06. The first-order chi connectivity index (χ1) is 10.3. The normalized spacial score (nSPS) is 12.9. The molecule has 0 saturated carbocycles. The van der Waals surface area contributed by atoms with Crippen LogP contribution >= 0.6 is 0 Å². The minimum Gasteiger partial charge on any atom is -0.497 e. The molecule has 1 amide bonds. The van der Waals surface area contributed by atoms with Crippen molar-refractivity contribution in [2.45, 2.75) is 51.7 Å². The van der Waals surface area contributed by atoms with E-state index in [1.807, 2.05) is 45.0 Å². The molecule has 1 unspecified atom stereocenters. The van der Waals surface area contributed by atoms with Gasteiger partial charge in [-0.3, -0.25) is 10.1 Å². The molecule has 0 heterocycles. The number of carbonyl (C=O) groups is 1. The quantitative estimate of drug-likeness (QED) is 0.686. The fourth-order valence-electron chi connectivity index (χ4n) is 2.01. The van der Waals surface area contributed by atoms with Crippen LogP contribution in [0.5, 0.6) is 5.75 Å². The Morgan fingerprint density at radius 3 is 2.41 bits per heavy atom. The maximum atomic E-state index is 11.5. The summed E-state index contributed by atoms with van der Waals surface area (Å²) in [6.45, 7) is 6.23. The van der Waals surface area contributed by atoms with Gasteiger partial charge in [-0.1, -0.05) is 12.1 Å². The summed E-state index contributed by atoms with van der Waals surface area (Å²) in [4.78, 5) is 11.5. The lowest BCUT2D eigenvalue weighted by atomic mass is 10.0. The highest BCUT2D eigenvalue weighted by molar-refractivity contribution is 5.79. The van der Waals surface area contributed by atoms with E-state index in [4.69, 9.17) is 15.2 Å². The van der Waals surface area contributed by atoms with Crippen LogP contribution in [0.4, 0.5) is 0 Å². The number of primary amides is 1. The minimum atomic E-state index is -0.361. The van der Waals surface area contributed by atoms with Crippen LogP contribution < -0.4 is 15.8 Å². The number of benzene rings is 1. The Morgan fingerprint density at radius 2 is 1.91 bits per heavy atom. The van der Waals surface area contributed by atoms with Crippen molar-refractivity contribution in [3.8, 4) is 5.75 Å². The number of hydrogen-bond donors (Lipinski definition) is 2. The van der Waals surface area contributed by atoms with Gasteiger partial charge in [0.15, 0.2) is 0 Å². The molecule has 5 heteroatoms. The highest BCUT2D eigenvalue weighted by Crippen LogP contribution is 2.14. The Hall–Kier alpha value is -1.59. The van der Waals surface area contributed by atoms with Crippen LogP contribution in [0, 0.1) is 0 Å². The predicted molar refractivity (Wildman–Crippen MR) is 87.8 cm³/mol. The molecule has 0 aromatic heterocycles. The van der Waals surface area contributed by atoms with Gasteiger partial charge in [0.05, 0.1) is 25.5 Å². The van der Waals surface area contributed by atoms with E-state index in [-0.39, 0.29) is 17.6 Å². The Bertz CT molecular complexity index is 452. The maximum absolute atomic E-state index is 11.5. The van der Waals surface area contributed by atoms with E-state index in [2.05, 4.69) is 5.32 Å². The molecule has 0 spiro atoms. The first-order valence-corrected chi connectivity index (χ1v) is 7.61. The Kier molecular flexibility index (Phi) is 7.35. The van der Waals surface area contributed by atoms with E-state index in [0.29, 0.717) is 13.2 Å². The third kappa shape index (κ3) is 7.43. The van der Waals surface area contributed by atoms with Gasteiger partial charge < -0.3 is 15.2 Å². The van der Waals surface area contributed by atoms with Crippen LogP contribution in [0.15, 0.2) is 24.3 Å². The lowest BCUT2D eigenvalue weighted by molar-refractivity contribution is -0.121. The lowest BCUT2D eigenvalue weighted by Crippen LogP contribution is -2.43. The van der Waals surface area contributed by atoms with E-state index in [1.165, 1.54) is 5.56 Å². The van der Waals surface area contributed by atoms with Crippen LogP contribution in [0.3, 0.4) is 0 Å². The maximum Gasteiger partial charge on any atom is 0.234 e. The van der Waals surface area contributed by atoms with Crippen molar-refractivity contribution in [1.82, 2.24) is 5.32 Å². The Balaban J connectivity index is 2.35. The highest BCUT2D eigenvalue weighted by Gasteiger charge is 2.16. The third-order valence-corrected chi connectivity index (χ3v) is 3.30. The first kappa shape index (κ1) is 18.5. The predicted octanol–water partition coefficient (Wildman–Crippen LogP) is 2.23. The summed E-state index contributed by atoms with van der Waals surface area (Å²) in [6, 6.07) is 7.59. The molecular weight excluding hydrogens is 280 g/mol. The number of ether oxygens (including phenoxy) is 2. The van der Waals surface area contributed by atoms with E-state index in [9.17, 15) is 4.79 Å². The molecule has 22 heavy (non-hydrogen) atoms. The number of amides is 1. The monoisotopic (exact) mass is 308 g/mol. The van der Waals surface area contributed by atoms with E-state index < -0.39 is 0 Å². The second-order valence-corrected chi connectivity index (χ2v) is 6.30. The molecule has 0 fully saturated rings. The Morgan fingerprint density at radius 1 is 1.27 bits per heavy atom. The Labute approximate surface area is 133 Å². The number of nitrogens with two attached hydrogens (primary N) is 1. The molecule has 5 nitrogen and oxygen atoms in total. The number of methoxy groups -OCH3 is 1. The van der Waals surface area contributed by atoms with Crippen molar-refractivity contribution in [3.63, 3.8) is 0 Å². The highest BCUT2D eigenvalue weighted by atomic mass is 16.5. The average Bonchev–Trinajstić information content (AvgIpc) is 2.45. The molecule has 1 aromatic rings. The summed E-state index contributed by atoms with van der Waals surface area (Å²) in [7, 11) is 1.65. The van der Waals surface area contributed by atoms with Gasteiger partial charge in [-0.2, -0.15) is 0 Å². The second-order valence-electron chi connectivity index (χ2n) is 6.30. The van der Waals surface area contributed by atoms with Crippen molar-refractivity contribution >= 4 is 5.91 Å². The number of aryl methyl sites for hydroxylation is 1. The third-order valence-electron chi connectivity index (χ3n) is 3.30. The zero-order chi connectivity index (χ0) is 16.6. The smallest absolute Gasteiger partial charge is 0.234 e. The van der Waals surface area contributed by atoms with Crippen LogP contribution in [0.25, 0.3) is 0 Å². The fraction of sp³-hybridized carbons (Fsp3) is 0.588. The van der Waals surface area contributed by atoms with Gasteiger partial charge in [-0.15, -0.1) is 0 Å². The number of rotatable bonds is 9. The van der Waals surface area contributed by atoms with Gasteiger partial charge in [-0.25, -0.2) is 0 Å². The van der Waals surface area contributed by atoms with E-state index >= 15 is 0 Å². The molecule has 0 aliphatic rings. The molecular formula is C17H28N2O3. The summed E-state index contributed by atoms with van der Waals surface area (Å²) in [5.74, 6) is 0.506. The summed E-state index contributed by atoms with van der Waals surface area (Å²) < 4.78 is 10.7. The lowest BCUT2D eigenvalue weighted by Gasteiger charge is -2.22. The van der Waals surface area contributed by atoms with Gasteiger partial charge in [-0.05, 0) is 57.7 Å². The van der Waals surface area contributed by atoms with Crippen molar-refractivity contribution < 1.29 is 14.3 Å². The van der Waals surface area contributed by atoms with Gasteiger partial charge in [0.1, 0.15) is 5.75 Å². The molecule has 0 radical (unpaired) electrons. The molecule has 0 bridgehead atoms. The first-order valence-electron chi connectivity index (χ1n) is 7.61. The molecule has 1 atom stereocenters. The molecule has 1 rings (SSSR count). The van der Waals surface area contributed by atoms with E-state index in [0.717, 1.165) is 18.6 Å². The standard InChI is InChI=1S/C17H28N2O3/c1-17(2,3)22-12-19-15(16(18)20)7-5-6-13-8-10-14(21-4)11-9-13/h8-11,15,19H,5-7,12H2,1-4H3,(H2,18,20). The van der Waals surface area contributed by atoms with E-state index in [1.54, 1.807) is 7.11 Å². The van der Waals surface area contributed by atoms with Gasteiger partial charge in [0.2, 0.25) is 5.91 Å². The van der Waals surface area contributed by atoms with Gasteiger partial charge >= 0.3 is 0 Å². The van der Waals surface area contributed by atoms with Gasteiger partial charge in [0.25, 0.3) is 0 Å². The van der Waals surface area contributed by atoms with Crippen LogP contribution in [-0.4, -0.2) is 31.4 Å². The fourth-order valence-corrected chi connectivity index (χ4v) is 2.01. The zero-order valence-corrected chi connectivity index (χ0v) is 14.0. The molecule has 0 aliphatic carbocycles. The summed E-state index contributed by atoms with van der Waals surface area (Å²) >= 11 is 0. The summed E-state index contributed by atoms with van der Waals surface area (Å²) in [5.41, 5.74) is 6.41. The van der Waals surface area contributed by atoms with Crippen LogP contribution in [-0.2, 0) is 16.0 Å². The molecule has 0 saturated heterocycles. The SMILES string of the molecule is COc1ccc(CCCC(NCOC(C)(C)C)C(N)=O)cc1. The van der Waals surface area contributed by atoms with Crippen molar-refractivity contribution in [1.29, 1.82) is 0 Å². The zero-order valence-electron chi connectivity index (χ0n) is 14.0. The van der Waals surface area contributed by atoms with Crippen molar-refractivity contribution in [2.24, 2.45) is 5.73 Å². The van der Waals surface area contributed by atoms with Crippen molar-refractivity contribution in [3.05, 3.63) is 29.8 Å². The molecule has 0 aliphatic heterocycles. The molecule has 3 N–H and O–H groups in total. The molecule has 1 aromatic carbocycles. The second kappa shape index (κ2) is 8.76. The van der Waals surface area contributed by atoms with Gasteiger partial charge in [0, 0.05) is 0 Å². The number of carbonyl (C=O) groups excluding carboxylic acids is 1. The molecule has 124 valence electrons. The average molecular weight is 308 g/mol. The summed E-state index contributed by atoms with van der Waals surface area (Å²) in [6.07, 6.45) is 2.47. The van der Waals surface area contributed by atoms with Crippen LogP contribution in [0.1, 0.15) is 39.2 Å².